The monoisotopic (exact) mass is 308 g/mol. The number of anilines is 1. The molecule has 0 saturated heterocycles. The van der Waals surface area contributed by atoms with Crippen LogP contribution in [0.25, 0.3) is 0 Å². The van der Waals surface area contributed by atoms with Crippen molar-refractivity contribution in [1.82, 2.24) is 4.98 Å². The van der Waals surface area contributed by atoms with Crippen molar-refractivity contribution in [3.05, 3.63) is 39.9 Å². The fourth-order valence-electron chi connectivity index (χ4n) is 2.16. The van der Waals surface area contributed by atoms with E-state index in [1.54, 1.807) is 24.1 Å². The van der Waals surface area contributed by atoms with Crippen molar-refractivity contribution in [3.63, 3.8) is 0 Å². The average Bonchev–Trinajstić information content (AvgIpc) is 3.02. The quantitative estimate of drug-likeness (QED) is 0.856. The maximum absolute atomic E-state index is 12.4. The number of nitrogens with zero attached hydrogens (tertiary/aromatic N) is 2. The number of aryl methyl sites for hydroxylation is 1. The summed E-state index contributed by atoms with van der Waals surface area (Å²) in [4.78, 5) is 18.3. The van der Waals surface area contributed by atoms with Gasteiger partial charge in [0, 0.05) is 23.9 Å². The molecule has 4 nitrogen and oxygen atoms in total. The predicted octanol–water partition coefficient (Wildman–Crippen LogP) is 3.07. The number of carbonyl (C=O) groups is 1. The van der Waals surface area contributed by atoms with Gasteiger partial charge < -0.3 is 4.74 Å². The van der Waals surface area contributed by atoms with E-state index in [2.05, 4.69) is 4.98 Å². The third-order valence-corrected chi connectivity index (χ3v) is 4.47. The Morgan fingerprint density at radius 1 is 1.55 bits per heavy atom. The van der Waals surface area contributed by atoms with Gasteiger partial charge in [0.1, 0.15) is 5.75 Å². The van der Waals surface area contributed by atoms with Crippen LogP contribution < -0.4 is 9.64 Å². The highest BCUT2D eigenvalue weighted by molar-refractivity contribution is 7.14. The van der Waals surface area contributed by atoms with Gasteiger partial charge in [-0.1, -0.05) is 11.6 Å². The van der Waals surface area contributed by atoms with E-state index in [-0.39, 0.29) is 5.91 Å². The van der Waals surface area contributed by atoms with Gasteiger partial charge >= 0.3 is 0 Å². The van der Waals surface area contributed by atoms with E-state index in [9.17, 15) is 4.79 Å². The van der Waals surface area contributed by atoms with Gasteiger partial charge in [0.15, 0.2) is 11.2 Å². The Morgan fingerprint density at radius 2 is 2.35 bits per heavy atom. The van der Waals surface area contributed by atoms with Crippen molar-refractivity contribution < 1.29 is 9.53 Å². The molecule has 1 aliphatic heterocycles. The first-order chi connectivity index (χ1) is 9.54. The van der Waals surface area contributed by atoms with Gasteiger partial charge in [-0.3, -0.25) is 9.69 Å². The highest BCUT2D eigenvalue weighted by Gasteiger charge is 2.32. The number of rotatable bonds is 2. The zero-order valence-corrected chi connectivity index (χ0v) is 12.7. The smallest absolute Gasteiger partial charge is 0.269 e. The van der Waals surface area contributed by atoms with Crippen molar-refractivity contribution in [1.29, 1.82) is 0 Å². The molecule has 1 aliphatic rings. The molecule has 20 heavy (non-hydrogen) atoms. The van der Waals surface area contributed by atoms with Gasteiger partial charge in [-0.15, -0.1) is 11.3 Å². The number of ether oxygens (including phenoxy) is 1. The van der Waals surface area contributed by atoms with Gasteiger partial charge in [-0.2, -0.15) is 0 Å². The molecular formula is C14H13ClN2O2S. The number of thiazole rings is 1. The number of aromatic nitrogens is 1. The Labute approximate surface area is 126 Å². The zero-order chi connectivity index (χ0) is 14.3. The van der Waals surface area contributed by atoms with Gasteiger partial charge in [0.05, 0.1) is 5.69 Å². The van der Waals surface area contributed by atoms with Crippen LogP contribution in [0, 0.1) is 6.92 Å². The molecule has 1 unspecified atom stereocenters. The molecule has 1 aromatic carbocycles. The van der Waals surface area contributed by atoms with Gasteiger partial charge in [0.25, 0.3) is 5.91 Å². The summed E-state index contributed by atoms with van der Waals surface area (Å²) in [5.74, 6) is 0.642. The van der Waals surface area contributed by atoms with Crippen molar-refractivity contribution in [3.8, 4) is 5.75 Å². The third-order valence-electron chi connectivity index (χ3n) is 3.20. The molecule has 0 spiro atoms. The van der Waals surface area contributed by atoms with Crippen LogP contribution in [0.4, 0.5) is 5.13 Å². The van der Waals surface area contributed by atoms with Crippen LogP contribution in [0.15, 0.2) is 23.6 Å². The molecule has 0 saturated carbocycles. The summed E-state index contributed by atoms with van der Waals surface area (Å²) >= 11 is 7.40. The summed E-state index contributed by atoms with van der Waals surface area (Å²) in [6.07, 6.45) is 0.0429. The Kier molecular flexibility index (Phi) is 3.40. The molecule has 2 heterocycles. The van der Waals surface area contributed by atoms with E-state index in [0.29, 0.717) is 16.6 Å². The van der Waals surface area contributed by atoms with Crippen molar-refractivity contribution in [2.24, 2.45) is 0 Å². The molecule has 3 rings (SSSR count). The van der Waals surface area contributed by atoms with Crippen LogP contribution in [-0.4, -0.2) is 24.0 Å². The lowest BCUT2D eigenvalue weighted by Crippen LogP contribution is -2.39. The SMILES string of the molecule is Cc1csc(N(C)C(=O)C2Cc3cc(Cl)ccc3O2)n1. The van der Waals surface area contributed by atoms with Crippen LogP contribution >= 0.6 is 22.9 Å². The summed E-state index contributed by atoms with van der Waals surface area (Å²) in [5, 5.41) is 3.26. The molecule has 0 aliphatic carbocycles. The molecule has 1 amide bonds. The van der Waals surface area contributed by atoms with Crippen LogP contribution in [0.2, 0.25) is 5.02 Å². The highest BCUT2D eigenvalue weighted by atomic mass is 35.5. The molecule has 0 fully saturated rings. The van der Waals surface area contributed by atoms with Crippen molar-refractivity contribution in [2.75, 3.05) is 11.9 Å². The number of hydrogen-bond acceptors (Lipinski definition) is 4. The summed E-state index contributed by atoms with van der Waals surface area (Å²) in [6.45, 7) is 1.90. The molecule has 0 radical (unpaired) electrons. The number of amides is 1. The molecule has 1 aromatic heterocycles. The minimum atomic E-state index is -0.502. The number of carbonyl (C=O) groups excluding carboxylic acids is 1. The van der Waals surface area contributed by atoms with Gasteiger partial charge in [0.2, 0.25) is 0 Å². The summed E-state index contributed by atoms with van der Waals surface area (Å²) in [6, 6.07) is 5.41. The minimum absolute atomic E-state index is 0.0910. The fraction of sp³-hybridized carbons (Fsp3) is 0.286. The summed E-state index contributed by atoms with van der Waals surface area (Å²) < 4.78 is 5.70. The molecule has 1 atom stereocenters. The molecule has 2 aromatic rings. The lowest BCUT2D eigenvalue weighted by molar-refractivity contribution is -0.124. The number of fused-ring (bicyclic) bond motifs is 1. The zero-order valence-electron chi connectivity index (χ0n) is 11.1. The van der Waals surface area contributed by atoms with E-state index in [4.69, 9.17) is 16.3 Å². The largest absolute Gasteiger partial charge is 0.480 e. The number of likely N-dealkylation sites (N-methyl/N-ethyl adjacent to an activating group) is 1. The normalized spacial score (nSPS) is 16.6. The second-order valence-corrected chi connectivity index (χ2v) is 6.00. The first-order valence-electron chi connectivity index (χ1n) is 6.19. The van der Waals surface area contributed by atoms with Gasteiger partial charge in [-0.25, -0.2) is 4.98 Å². The Morgan fingerprint density at radius 3 is 3.05 bits per heavy atom. The molecule has 104 valence electrons. The van der Waals surface area contributed by atoms with E-state index in [0.717, 1.165) is 17.0 Å². The lowest BCUT2D eigenvalue weighted by Gasteiger charge is -2.18. The lowest BCUT2D eigenvalue weighted by atomic mass is 10.1. The Hall–Kier alpha value is -1.59. The number of hydrogen-bond donors (Lipinski definition) is 0. The maximum Gasteiger partial charge on any atom is 0.269 e. The third kappa shape index (κ3) is 2.39. The minimum Gasteiger partial charge on any atom is -0.480 e. The second kappa shape index (κ2) is 5.07. The van der Waals surface area contributed by atoms with E-state index in [1.807, 2.05) is 18.4 Å². The topological polar surface area (TPSA) is 42.4 Å². The number of benzene rings is 1. The first-order valence-corrected chi connectivity index (χ1v) is 7.45. The Bertz CT molecular complexity index is 671. The van der Waals surface area contributed by atoms with Crippen LogP contribution in [0.1, 0.15) is 11.3 Å². The second-order valence-electron chi connectivity index (χ2n) is 4.73. The maximum atomic E-state index is 12.4. The van der Waals surface area contributed by atoms with Crippen LogP contribution in [0.3, 0.4) is 0 Å². The number of halogens is 1. The summed E-state index contributed by atoms with van der Waals surface area (Å²) in [5.41, 5.74) is 1.88. The van der Waals surface area contributed by atoms with Crippen molar-refractivity contribution >= 4 is 34.0 Å². The van der Waals surface area contributed by atoms with E-state index < -0.39 is 6.10 Å². The Balaban J connectivity index is 1.77. The van der Waals surface area contributed by atoms with E-state index in [1.165, 1.54) is 11.3 Å². The predicted molar refractivity (Wildman–Crippen MR) is 79.8 cm³/mol. The van der Waals surface area contributed by atoms with Crippen LogP contribution in [0.5, 0.6) is 5.75 Å². The van der Waals surface area contributed by atoms with Crippen LogP contribution in [-0.2, 0) is 11.2 Å². The highest BCUT2D eigenvalue weighted by Crippen LogP contribution is 2.32. The van der Waals surface area contributed by atoms with E-state index >= 15 is 0 Å². The standard InChI is InChI=1S/C14H13ClN2O2S/c1-8-7-20-14(16-8)17(2)13(18)12-6-9-5-10(15)3-4-11(9)19-12/h3-5,7,12H,6H2,1-2H3. The molecule has 0 bridgehead atoms. The van der Waals surface area contributed by atoms with Crippen molar-refractivity contribution in [2.45, 2.75) is 19.4 Å². The molecule has 6 heteroatoms. The molecular weight excluding hydrogens is 296 g/mol. The fourth-order valence-corrected chi connectivity index (χ4v) is 3.13. The average molecular weight is 309 g/mol. The summed E-state index contributed by atoms with van der Waals surface area (Å²) in [7, 11) is 1.72. The first kappa shape index (κ1) is 13.4. The van der Waals surface area contributed by atoms with Gasteiger partial charge in [-0.05, 0) is 30.7 Å². The molecule has 0 N–H and O–H groups in total.